The van der Waals surface area contributed by atoms with Crippen LogP contribution in [0.4, 0.5) is 0 Å². The molecule has 0 heterocycles. The Morgan fingerprint density at radius 1 is 1.25 bits per heavy atom. The Bertz CT molecular complexity index is 861. The molecule has 0 atom stereocenters. The van der Waals surface area contributed by atoms with Crippen molar-refractivity contribution in [3.63, 3.8) is 0 Å². The zero-order valence-corrected chi connectivity index (χ0v) is 14.6. The van der Waals surface area contributed by atoms with Crippen molar-refractivity contribution in [2.75, 3.05) is 6.61 Å². The number of hydrazone groups is 1. The Morgan fingerprint density at radius 2 is 2.00 bits per heavy atom. The summed E-state index contributed by atoms with van der Waals surface area (Å²) in [6, 6.07) is 10.1. The van der Waals surface area contributed by atoms with Crippen LogP contribution < -0.4 is 9.57 Å². The van der Waals surface area contributed by atoms with Crippen LogP contribution in [-0.4, -0.2) is 26.3 Å². The fraction of sp³-hybridized carbons (Fsp3) is 0.235. The fourth-order valence-corrected chi connectivity index (χ4v) is 3.25. The highest BCUT2D eigenvalue weighted by atomic mass is 32.2. The third kappa shape index (κ3) is 4.05. The molecule has 128 valence electrons. The second-order valence-electron chi connectivity index (χ2n) is 5.25. The van der Waals surface area contributed by atoms with Crippen LogP contribution in [0, 0.1) is 13.8 Å². The summed E-state index contributed by atoms with van der Waals surface area (Å²) in [5.41, 5.74) is 1.82. The number of phenols is 1. The smallest absolute Gasteiger partial charge is 0.276 e. The SMILES string of the molecule is CCOc1cccc(C=NNS(=O)(=O)c2cc(C)ccc2C)c1O. The molecule has 0 aliphatic carbocycles. The van der Waals surface area contributed by atoms with Gasteiger partial charge in [0.25, 0.3) is 10.0 Å². The van der Waals surface area contributed by atoms with Crippen molar-refractivity contribution in [3.8, 4) is 11.5 Å². The molecule has 0 fully saturated rings. The number of rotatable bonds is 6. The molecule has 24 heavy (non-hydrogen) atoms. The number of nitrogens with one attached hydrogen (secondary N) is 1. The predicted octanol–water partition coefficient (Wildman–Crippen LogP) is 2.72. The fourth-order valence-electron chi connectivity index (χ4n) is 2.13. The normalized spacial score (nSPS) is 11.6. The van der Waals surface area contributed by atoms with Gasteiger partial charge < -0.3 is 9.84 Å². The molecule has 0 saturated heterocycles. The molecule has 2 N–H and O–H groups in total. The summed E-state index contributed by atoms with van der Waals surface area (Å²) in [6.07, 6.45) is 1.24. The summed E-state index contributed by atoms with van der Waals surface area (Å²) in [6.45, 7) is 5.75. The zero-order chi connectivity index (χ0) is 17.7. The van der Waals surface area contributed by atoms with Gasteiger partial charge in [-0.15, -0.1) is 0 Å². The quantitative estimate of drug-likeness (QED) is 0.621. The Balaban J connectivity index is 2.22. The van der Waals surface area contributed by atoms with Gasteiger partial charge in [0.05, 0.1) is 17.7 Å². The van der Waals surface area contributed by atoms with Gasteiger partial charge in [0.1, 0.15) is 0 Å². The van der Waals surface area contributed by atoms with E-state index >= 15 is 0 Å². The Labute approximate surface area is 141 Å². The van der Waals surface area contributed by atoms with Crippen LogP contribution in [-0.2, 0) is 10.0 Å². The lowest BCUT2D eigenvalue weighted by molar-refractivity contribution is 0.318. The van der Waals surface area contributed by atoms with Crippen molar-refractivity contribution in [2.24, 2.45) is 5.10 Å². The van der Waals surface area contributed by atoms with E-state index in [2.05, 4.69) is 9.93 Å². The van der Waals surface area contributed by atoms with Gasteiger partial charge in [0, 0.05) is 5.56 Å². The monoisotopic (exact) mass is 348 g/mol. The minimum Gasteiger partial charge on any atom is -0.504 e. The van der Waals surface area contributed by atoms with Crippen LogP contribution in [0.2, 0.25) is 0 Å². The first-order valence-electron chi connectivity index (χ1n) is 7.42. The van der Waals surface area contributed by atoms with Crippen molar-refractivity contribution in [1.82, 2.24) is 4.83 Å². The Kier molecular flexibility index (Phi) is 5.46. The molecule has 0 spiro atoms. The molecule has 0 aromatic heterocycles. The Hall–Kier alpha value is -2.54. The van der Waals surface area contributed by atoms with E-state index in [0.29, 0.717) is 23.5 Å². The maximum Gasteiger partial charge on any atom is 0.276 e. The molecule has 0 aliphatic rings. The van der Waals surface area contributed by atoms with Gasteiger partial charge >= 0.3 is 0 Å². The maximum absolute atomic E-state index is 12.3. The number of para-hydroxylation sites is 1. The molecule has 0 radical (unpaired) electrons. The van der Waals surface area contributed by atoms with E-state index < -0.39 is 10.0 Å². The van der Waals surface area contributed by atoms with Gasteiger partial charge in [-0.2, -0.15) is 13.5 Å². The van der Waals surface area contributed by atoms with Gasteiger partial charge in [-0.25, -0.2) is 4.83 Å². The van der Waals surface area contributed by atoms with E-state index in [-0.39, 0.29) is 10.6 Å². The van der Waals surface area contributed by atoms with Crippen LogP contribution in [0.25, 0.3) is 0 Å². The number of nitrogens with zero attached hydrogens (tertiary/aromatic N) is 1. The second-order valence-corrected chi connectivity index (χ2v) is 6.88. The van der Waals surface area contributed by atoms with Crippen molar-refractivity contribution < 1.29 is 18.3 Å². The van der Waals surface area contributed by atoms with Crippen molar-refractivity contribution in [3.05, 3.63) is 53.1 Å². The average Bonchev–Trinajstić information content (AvgIpc) is 2.53. The lowest BCUT2D eigenvalue weighted by Crippen LogP contribution is -2.19. The number of benzene rings is 2. The highest BCUT2D eigenvalue weighted by Crippen LogP contribution is 2.28. The minimum absolute atomic E-state index is 0.0889. The molecule has 0 amide bonds. The van der Waals surface area contributed by atoms with Gasteiger partial charge in [-0.1, -0.05) is 18.2 Å². The van der Waals surface area contributed by atoms with E-state index in [4.69, 9.17) is 4.74 Å². The van der Waals surface area contributed by atoms with E-state index in [0.717, 1.165) is 5.56 Å². The van der Waals surface area contributed by atoms with Gasteiger partial charge in [0.2, 0.25) is 0 Å². The lowest BCUT2D eigenvalue weighted by Gasteiger charge is -2.09. The largest absolute Gasteiger partial charge is 0.504 e. The molecule has 0 saturated carbocycles. The second kappa shape index (κ2) is 7.35. The minimum atomic E-state index is -3.78. The average molecular weight is 348 g/mol. The van der Waals surface area contributed by atoms with E-state index in [1.54, 1.807) is 44.2 Å². The van der Waals surface area contributed by atoms with Crippen molar-refractivity contribution in [2.45, 2.75) is 25.7 Å². The van der Waals surface area contributed by atoms with E-state index in [9.17, 15) is 13.5 Å². The summed E-state index contributed by atoms with van der Waals surface area (Å²) in [7, 11) is -3.78. The van der Waals surface area contributed by atoms with Gasteiger partial charge in [0.15, 0.2) is 11.5 Å². The first-order chi connectivity index (χ1) is 11.3. The van der Waals surface area contributed by atoms with Crippen LogP contribution in [0.3, 0.4) is 0 Å². The van der Waals surface area contributed by atoms with Crippen molar-refractivity contribution >= 4 is 16.2 Å². The third-order valence-corrected chi connectivity index (χ3v) is 4.70. The van der Waals surface area contributed by atoms with E-state index in [1.165, 1.54) is 6.21 Å². The highest BCUT2D eigenvalue weighted by Gasteiger charge is 2.16. The molecule has 6 nitrogen and oxygen atoms in total. The lowest BCUT2D eigenvalue weighted by atomic mass is 10.2. The van der Waals surface area contributed by atoms with Crippen LogP contribution in [0.15, 0.2) is 46.4 Å². The first-order valence-corrected chi connectivity index (χ1v) is 8.90. The number of hydrogen-bond acceptors (Lipinski definition) is 5. The van der Waals surface area contributed by atoms with Crippen LogP contribution >= 0.6 is 0 Å². The molecule has 2 aromatic rings. The molecule has 7 heteroatoms. The highest BCUT2D eigenvalue weighted by molar-refractivity contribution is 7.89. The summed E-state index contributed by atoms with van der Waals surface area (Å²) >= 11 is 0. The molecular formula is C17H20N2O4S. The number of phenolic OH excluding ortho intramolecular Hbond substituents is 1. The molecule has 0 unspecified atom stereocenters. The molecule has 0 aliphatic heterocycles. The van der Waals surface area contributed by atoms with E-state index in [1.807, 2.05) is 13.0 Å². The number of ether oxygens (including phenoxy) is 1. The third-order valence-electron chi connectivity index (χ3n) is 3.34. The van der Waals surface area contributed by atoms with Crippen LogP contribution in [0.1, 0.15) is 23.6 Å². The maximum atomic E-state index is 12.3. The topological polar surface area (TPSA) is 88.0 Å². The molecule has 2 aromatic carbocycles. The Morgan fingerprint density at radius 3 is 2.71 bits per heavy atom. The summed E-state index contributed by atoms with van der Waals surface area (Å²) < 4.78 is 29.9. The van der Waals surface area contributed by atoms with Crippen molar-refractivity contribution in [1.29, 1.82) is 0 Å². The number of sulfonamides is 1. The molecular weight excluding hydrogens is 328 g/mol. The summed E-state index contributed by atoms with van der Waals surface area (Å²) in [5.74, 6) is 0.230. The summed E-state index contributed by atoms with van der Waals surface area (Å²) in [5, 5.41) is 13.8. The predicted molar refractivity (Wildman–Crippen MR) is 93.1 cm³/mol. The number of aromatic hydroxyl groups is 1. The summed E-state index contributed by atoms with van der Waals surface area (Å²) in [4.78, 5) is 2.33. The number of hydrogen-bond donors (Lipinski definition) is 2. The van der Waals surface area contributed by atoms with Crippen LogP contribution in [0.5, 0.6) is 11.5 Å². The van der Waals surface area contributed by atoms with Gasteiger partial charge in [-0.3, -0.25) is 0 Å². The van der Waals surface area contributed by atoms with Gasteiger partial charge in [-0.05, 0) is 50.1 Å². The number of aryl methyl sites for hydroxylation is 2. The molecule has 0 bridgehead atoms. The first kappa shape index (κ1) is 17.8. The standard InChI is InChI=1S/C17H20N2O4S/c1-4-23-15-7-5-6-14(17(15)20)11-18-19-24(21,22)16-10-12(2)8-9-13(16)3/h5-11,19-20H,4H2,1-3H3. The zero-order valence-electron chi connectivity index (χ0n) is 13.8. The molecule has 2 rings (SSSR count).